The zero-order chi connectivity index (χ0) is 19.1. The third-order valence-electron chi connectivity index (χ3n) is 4.41. The van der Waals surface area contributed by atoms with Crippen LogP contribution in [0.1, 0.15) is 32.6 Å². The number of ether oxygens (including phenoxy) is 1. The summed E-state index contributed by atoms with van der Waals surface area (Å²) in [6.07, 6.45) is 2.38. The van der Waals surface area contributed by atoms with Gasteiger partial charge in [0.15, 0.2) is 5.96 Å². The highest BCUT2D eigenvalue weighted by atomic mass is 127. The zero-order valence-corrected chi connectivity index (χ0v) is 19.3. The van der Waals surface area contributed by atoms with E-state index in [0.717, 1.165) is 50.6 Å². The van der Waals surface area contributed by atoms with Crippen LogP contribution in [0.15, 0.2) is 33.8 Å². The van der Waals surface area contributed by atoms with Crippen LogP contribution < -0.4 is 5.32 Å². The summed E-state index contributed by atoms with van der Waals surface area (Å²) in [4.78, 5) is 11.4. The Morgan fingerprint density at radius 2 is 2.00 bits per heavy atom. The lowest BCUT2D eigenvalue weighted by atomic mass is 10.1. The molecule has 0 bridgehead atoms. The standard InChI is InChI=1S/C19H26ClN5O2.HI/c1-3-21-19(25-11-9-16(10-12-25)26-4-2)22-13-17-23-18(24-27-17)14-5-7-15(20)8-6-14;/h5-8,16H,3-4,9-13H2,1-2H3,(H,21,22);1H. The molecule has 1 aliphatic heterocycles. The van der Waals surface area contributed by atoms with Crippen LogP contribution in [-0.2, 0) is 11.3 Å². The van der Waals surface area contributed by atoms with Gasteiger partial charge in [-0.25, -0.2) is 4.99 Å². The number of halogens is 2. The number of piperidine rings is 1. The molecule has 0 unspecified atom stereocenters. The fraction of sp³-hybridized carbons (Fsp3) is 0.526. The predicted molar refractivity (Wildman–Crippen MR) is 121 cm³/mol. The van der Waals surface area contributed by atoms with Crippen molar-refractivity contribution in [2.45, 2.75) is 39.3 Å². The number of likely N-dealkylation sites (tertiary alicyclic amines) is 1. The summed E-state index contributed by atoms with van der Waals surface area (Å²) in [5.74, 6) is 1.90. The molecule has 0 atom stereocenters. The fourth-order valence-corrected chi connectivity index (χ4v) is 3.20. The number of nitrogens with one attached hydrogen (secondary N) is 1. The molecule has 2 heterocycles. The normalized spacial score (nSPS) is 15.4. The average Bonchev–Trinajstić information content (AvgIpc) is 3.16. The number of hydrogen-bond donors (Lipinski definition) is 1. The van der Waals surface area contributed by atoms with E-state index in [2.05, 4.69) is 32.3 Å². The van der Waals surface area contributed by atoms with E-state index in [4.69, 9.17) is 20.9 Å². The number of nitrogens with zero attached hydrogens (tertiary/aromatic N) is 4. The van der Waals surface area contributed by atoms with Gasteiger partial charge >= 0.3 is 0 Å². The summed E-state index contributed by atoms with van der Waals surface area (Å²) in [5.41, 5.74) is 0.864. The van der Waals surface area contributed by atoms with Crippen molar-refractivity contribution < 1.29 is 9.26 Å². The van der Waals surface area contributed by atoms with Gasteiger partial charge in [-0.3, -0.25) is 0 Å². The Morgan fingerprint density at radius 1 is 1.29 bits per heavy atom. The van der Waals surface area contributed by atoms with Crippen molar-refractivity contribution in [1.82, 2.24) is 20.4 Å². The maximum atomic E-state index is 5.92. The van der Waals surface area contributed by atoms with Crippen LogP contribution in [0.4, 0.5) is 0 Å². The molecule has 154 valence electrons. The minimum Gasteiger partial charge on any atom is -0.378 e. The largest absolute Gasteiger partial charge is 0.378 e. The number of guanidine groups is 1. The van der Waals surface area contributed by atoms with Gasteiger partial charge in [0.1, 0.15) is 6.54 Å². The van der Waals surface area contributed by atoms with E-state index in [0.29, 0.717) is 29.4 Å². The van der Waals surface area contributed by atoms with Gasteiger partial charge in [0, 0.05) is 36.8 Å². The van der Waals surface area contributed by atoms with Crippen LogP contribution in [-0.4, -0.2) is 53.3 Å². The molecular formula is C19H27ClIN5O2. The van der Waals surface area contributed by atoms with Crippen molar-refractivity contribution in [3.05, 3.63) is 35.2 Å². The maximum absolute atomic E-state index is 5.92. The van der Waals surface area contributed by atoms with E-state index >= 15 is 0 Å². The van der Waals surface area contributed by atoms with Crippen LogP contribution in [0.25, 0.3) is 11.4 Å². The molecule has 1 N–H and O–H groups in total. The fourth-order valence-electron chi connectivity index (χ4n) is 3.07. The molecule has 2 aromatic rings. The molecule has 3 rings (SSSR count). The van der Waals surface area contributed by atoms with Gasteiger partial charge < -0.3 is 19.5 Å². The Hall–Kier alpha value is -1.39. The summed E-state index contributed by atoms with van der Waals surface area (Å²) < 4.78 is 11.1. The Balaban J connectivity index is 0.00000280. The molecule has 9 heteroatoms. The molecular weight excluding hydrogens is 493 g/mol. The second-order valence-electron chi connectivity index (χ2n) is 6.33. The van der Waals surface area contributed by atoms with Gasteiger partial charge in [0.05, 0.1) is 6.10 Å². The van der Waals surface area contributed by atoms with Gasteiger partial charge in [-0.2, -0.15) is 4.98 Å². The Labute approximate surface area is 187 Å². The quantitative estimate of drug-likeness (QED) is 0.354. The minimum atomic E-state index is 0. The number of rotatable bonds is 6. The smallest absolute Gasteiger partial charge is 0.248 e. The number of benzene rings is 1. The van der Waals surface area contributed by atoms with E-state index in [1.54, 1.807) is 12.1 Å². The molecule has 0 saturated carbocycles. The van der Waals surface area contributed by atoms with Gasteiger partial charge in [-0.15, -0.1) is 24.0 Å². The Kier molecular flexibility index (Phi) is 9.46. The van der Waals surface area contributed by atoms with Crippen molar-refractivity contribution in [3.8, 4) is 11.4 Å². The molecule has 0 spiro atoms. The summed E-state index contributed by atoms with van der Waals surface area (Å²) in [6.45, 7) is 7.88. The van der Waals surface area contributed by atoms with Gasteiger partial charge in [-0.1, -0.05) is 16.8 Å². The second-order valence-corrected chi connectivity index (χ2v) is 6.77. The highest BCUT2D eigenvalue weighted by Gasteiger charge is 2.21. The molecule has 1 saturated heterocycles. The van der Waals surface area contributed by atoms with E-state index in [1.165, 1.54) is 0 Å². The first kappa shape index (κ1) is 22.9. The van der Waals surface area contributed by atoms with Crippen molar-refractivity contribution in [3.63, 3.8) is 0 Å². The molecule has 1 aromatic heterocycles. The predicted octanol–water partition coefficient (Wildman–Crippen LogP) is 3.97. The highest BCUT2D eigenvalue weighted by molar-refractivity contribution is 14.0. The molecule has 0 radical (unpaired) electrons. The van der Waals surface area contributed by atoms with E-state index in [9.17, 15) is 0 Å². The van der Waals surface area contributed by atoms with Crippen LogP contribution in [0.3, 0.4) is 0 Å². The summed E-state index contributed by atoms with van der Waals surface area (Å²) in [7, 11) is 0. The summed E-state index contributed by atoms with van der Waals surface area (Å²) >= 11 is 5.92. The van der Waals surface area contributed by atoms with E-state index in [-0.39, 0.29) is 24.0 Å². The van der Waals surface area contributed by atoms with E-state index < -0.39 is 0 Å². The Morgan fingerprint density at radius 3 is 2.64 bits per heavy atom. The molecule has 1 fully saturated rings. The summed E-state index contributed by atoms with van der Waals surface area (Å²) in [6, 6.07) is 7.35. The van der Waals surface area contributed by atoms with Crippen LogP contribution in [0.5, 0.6) is 0 Å². The van der Waals surface area contributed by atoms with Crippen LogP contribution in [0.2, 0.25) is 5.02 Å². The molecule has 28 heavy (non-hydrogen) atoms. The van der Waals surface area contributed by atoms with Crippen molar-refractivity contribution in [2.24, 2.45) is 4.99 Å². The zero-order valence-electron chi connectivity index (χ0n) is 16.2. The number of aromatic nitrogens is 2. The molecule has 7 nitrogen and oxygen atoms in total. The third kappa shape index (κ3) is 6.31. The van der Waals surface area contributed by atoms with Gasteiger partial charge in [0.2, 0.25) is 11.7 Å². The van der Waals surface area contributed by atoms with E-state index in [1.807, 2.05) is 19.1 Å². The van der Waals surface area contributed by atoms with Crippen molar-refractivity contribution in [2.75, 3.05) is 26.2 Å². The molecule has 0 aliphatic carbocycles. The summed E-state index contributed by atoms with van der Waals surface area (Å²) in [5, 5.41) is 8.06. The number of hydrogen-bond acceptors (Lipinski definition) is 5. The first-order valence-corrected chi connectivity index (χ1v) is 9.80. The maximum Gasteiger partial charge on any atom is 0.248 e. The number of aliphatic imine (C=N–C) groups is 1. The third-order valence-corrected chi connectivity index (χ3v) is 4.67. The average molecular weight is 520 g/mol. The minimum absolute atomic E-state index is 0. The second kappa shape index (κ2) is 11.6. The topological polar surface area (TPSA) is 75.8 Å². The first-order valence-electron chi connectivity index (χ1n) is 9.43. The molecule has 0 amide bonds. The first-order chi connectivity index (χ1) is 13.2. The molecule has 1 aromatic carbocycles. The Bertz CT molecular complexity index is 745. The lowest BCUT2D eigenvalue weighted by Gasteiger charge is -2.34. The lowest BCUT2D eigenvalue weighted by Crippen LogP contribution is -2.47. The van der Waals surface area contributed by atoms with Crippen LogP contribution >= 0.6 is 35.6 Å². The van der Waals surface area contributed by atoms with Gasteiger partial charge in [0.25, 0.3) is 0 Å². The lowest BCUT2D eigenvalue weighted by molar-refractivity contribution is 0.0263. The van der Waals surface area contributed by atoms with Crippen LogP contribution in [0, 0.1) is 0 Å². The monoisotopic (exact) mass is 519 g/mol. The van der Waals surface area contributed by atoms with Gasteiger partial charge in [-0.05, 0) is 51.0 Å². The SMILES string of the molecule is CCNC(=NCc1nc(-c2ccc(Cl)cc2)no1)N1CCC(OCC)CC1.I. The van der Waals surface area contributed by atoms with Crippen molar-refractivity contribution >= 4 is 41.5 Å². The molecule has 1 aliphatic rings. The van der Waals surface area contributed by atoms with Crippen molar-refractivity contribution in [1.29, 1.82) is 0 Å². The highest BCUT2D eigenvalue weighted by Crippen LogP contribution is 2.19.